The van der Waals surface area contributed by atoms with Crippen LogP contribution in [0.1, 0.15) is 11.5 Å². The highest BCUT2D eigenvalue weighted by molar-refractivity contribution is 5.71. The van der Waals surface area contributed by atoms with Crippen LogP contribution in [-0.2, 0) is 7.05 Å². The number of aryl methyl sites for hydroxylation is 1. The zero-order chi connectivity index (χ0) is 13.3. The second kappa shape index (κ2) is 4.49. The number of hydrogen-bond donors (Lipinski definition) is 0. The molecule has 0 N–H and O–H groups in total. The number of rotatable bonds is 2. The fraction of sp³-hybridized carbons (Fsp3) is 0.231. The molecular weight excluding hydrogens is 233 g/mol. The molecule has 0 saturated carbocycles. The first-order valence-corrected chi connectivity index (χ1v) is 5.35. The molecule has 1 aromatic carbocycles. The van der Waals surface area contributed by atoms with Crippen LogP contribution in [0, 0.1) is 24.1 Å². The van der Waals surface area contributed by atoms with Gasteiger partial charge in [0, 0.05) is 12.6 Å². The number of imidazole rings is 1. The van der Waals surface area contributed by atoms with Crippen molar-refractivity contribution < 1.29 is 9.13 Å². The zero-order valence-corrected chi connectivity index (χ0v) is 10.4. The van der Waals surface area contributed by atoms with Crippen LogP contribution in [0.4, 0.5) is 4.39 Å². The Kier molecular flexibility index (Phi) is 3.02. The third-order valence-corrected chi connectivity index (χ3v) is 2.84. The van der Waals surface area contributed by atoms with E-state index in [1.807, 2.05) is 0 Å². The largest absolute Gasteiger partial charge is 0.496 e. The fourth-order valence-electron chi connectivity index (χ4n) is 1.79. The Labute approximate surface area is 104 Å². The maximum absolute atomic E-state index is 13.3. The van der Waals surface area contributed by atoms with Gasteiger partial charge in [-0.3, -0.25) is 0 Å². The van der Waals surface area contributed by atoms with Gasteiger partial charge in [0.15, 0.2) is 0 Å². The minimum atomic E-state index is -0.391. The van der Waals surface area contributed by atoms with Crippen molar-refractivity contribution in [1.29, 1.82) is 5.26 Å². The molecule has 1 heterocycles. The molecule has 0 unspecified atom stereocenters. The van der Waals surface area contributed by atoms with Gasteiger partial charge in [-0.2, -0.15) is 5.26 Å². The number of hydrogen-bond acceptors (Lipinski definition) is 3. The predicted octanol–water partition coefficient (Wildman–Crippen LogP) is 2.41. The molecule has 1 aromatic heterocycles. The summed E-state index contributed by atoms with van der Waals surface area (Å²) in [6.45, 7) is 1.79. The van der Waals surface area contributed by atoms with Crippen molar-refractivity contribution in [2.24, 2.45) is 7.05 Å². The highest BCUT2D eigenvalue weighted by atomic mass is 19.1. The Balaban J connectivity index is 2.73. The van der Waals surface area contributed by atoms with Crippen LogP contribution in [0.5, 0.6) is 5.75 Å². The lowest BCUT2D eigenvalue weighted by Gasteiger charge is -2.06. The molecule has 0 bridgehead atoms. The van der Waals surface area contributed by atoms with Crippen LogP contribution in [-0.4, -0.2) is 16.7 Å². The van der Waals surface area contributed by atoms with Crippen molar-refractivity contribution in [2.45, 2.75) is 6.92 Å². The number of halogens is 1. The number of nitrogens with zero attached hydrogens (tertiary/aromatic N) is 3. The zero-order valence-electron chi connectivity index (χ0n) is 10.4. The van der Waals surface area contributed by atoms with Crippen molar-refractivity contribution in [3.05, 3.63) is 35.5 Å². The summed E-state index contributed by atoms with van der Waals surface area (Å²) in [6.07, 6.45) is 0. The first-order chi connectivity index (χ1) is 8.58. The van der Waals surface area contributed by atoms with Gasteiger partial charge < -0.3 is 9.30 Å². The summed E-state index contributed by atoms with van der Waals surface area (Å²) in [7, 11) is 3.24. The maximum Gasteiger partial charge on any atom is 0.148 e. The van der Waals surface area contributed by atoms with Gasteiger partial charge in [-0.25, -0.2) is 9.37 Å². The number of aromatic nitrogens is 2. The average Bonchev–Trinajstić information content (AvgIpc) is 2.65. The van der Waals surface area contributed by atoms with Gasteiger partial charge >= 0.3 is 0 Å². The molecule has 5 heteroatoms. The lowest BCUT2D eigenvalue weighted by atomic mass is 10.1. The van der Waals surface area contributed by atoms with Crippen LogP contribution >= 0.6 is 0 Å². The number of methoxy groups -OCH3 is 1. The van der Waals surface area contributed by atoms with E-state index in [-0.39, 0.29) is 0 Å². The summed E-state index contributed by atoms with van der Waals surface area (Å²) < 4.78 is 20.2. The number of ether oxygens (including phenoxy) is 1. The standard InChI is InChI=1S/C13H12FN3O/c1-8-16-13(11(7-15)17(8)2)10-6-9(14)4-5-12(10)18-3/h4-6H,1-3H3. The smallest absolute Gasteiger partial charge is 0.148 e. The molecule has 0 saturated heterocycles. The lowest BCUT2D eigenvalue weighted by molar-refractivity contribution is 0.415. The summed E-state index contributed by atoms with van der Waals surface area (Å²) >= 11 is 0. The Morgan fingerprint density at radius 3 is 2.78 bits per heavy atom. The Morgan fingerprint density at radius 2 is 2.17 bits per heavy atom. The van der Waals surface area contributed by atoms with Gasteiger partial charge in [-0.1, -0.05) is 0 Å². The third kappa shape index (κ3) is 1.82. The summed E-state index contributed by atoms with van der Waals surface area (Å²) in [5.41, 5.74) is 1.31. The van der Waals surface area contributed by atoms with E-state index in [0.717, 1.165) is 0 Å². The minimum Gasteiger partial charge on any atom is -0.496 e. The first kappa shape index (κ1) is 12.1. The summed E-state index contributed by atoms with van der Waals surface area (Å²) in [4.78, 5) is 4.29. The molecule has 0 aliphatic heterocycles. The van der Waals surface area contributed by atoms with Crippen molar-refractivity contribution in [2.75, 3.05) is 7.11 Å². The normalized spacial score (nSPS) is 10.2. The Bertz CT molecular complexity index is 640. The van der Waals surface area contributed by atoms with Gasteiger partial charge in [0.1, 0.15) is 34.8 Å². The first-order valence-electron chi connectivity index (χ1n) is 5.35. The summed E-state index contributed by atoms with van der Waals surface area (Å²) in [6, 6.07) is 6.23. The molecule has 0 aliphatic rings. The van der Waals surface area contributed by atoms with E-state index in [1.54, 1.807) is 18.5 Å². The van der Waals surface area contributed by atoms with E-state index >= 15 is 0 Å². The molecule has 4 nitrogen and oxygen atoms in total. The van der Waals surface area contributed by atoms with E-state index in [0.29, 0.717) is 28.5 Å². The molecule has 0 amide bonds. The molecule has 18 heavy (non-hydrogen) atoms. The van der Waals surface area contributed by atoms with Crippen LogP contribution in [0.25, 0.3) is 11.3 Å². The quantitative estimate of drug-likeness (QED) is 0.816. The van der Waals surface area contributed by atoms with Gasteiger partial charge in [-0.15, -0.1) is 0 Å². The summed E-state index contributed by atoms with van der Waals surface area (Å²) in [5, 5.41) is 9.16. The SMILES string of the molecule is COc1ccc(F)cc1-c1nc(C)n(C)c1C#N. The molecule has 2 rings (SSSR count). The molecule has 0 atom stereocenters. The van der Waals surface area contributed by atoms with E-state index in [9.17, 15) is 4.39 Å². The van der Waals surface area contributed by atoms with Gasteiger partial charge in [-0.05, 0) is 25.1 Å². The molecular formula is C13H12FN3O. The van der Waals surface area contributed by atoms with Crippen LogP contribution < -0.4 is 4.74 Å². The monoisotopic (exact) mass is 245 g/mol. The summed E-state index contributed by atoms with van der Waals surface area (Å²) in [5.74, 6) is 0.789. The second-order valence-electron chi connectivity index (χ2n) is 3.87. The van der Waals surface area contributed by atoms with Gasteiger partial charge in [0.05, 0.1) is 7.11 Å². The van der Waals surface area contributed by atoms with E-state index in [1.165, 1.54) is 25.3 Å². The molecule has 2 aromatic rings. The molecule has 0 aliphatic carbocycles. The van der Waals surface area contributed by atoms with Crippen LogP contribution in [0.3, 0.4) is 0 Å². The third-order valence-electron chi connectivity index (χ3n) is 2.84. The van der Waals surface area contributed by atoms with E-state index in [4.69, 9.17) is 10.00 Å². The van der Waals surface area contributed by atoms with Gasteiger partial charge in [0.25, 0.3) is 0 Å². The maximum atomic E-state index is 13.3. The van der Waals surface area contributed by atoms with Crippen molar-refractivity contribution >= 4 is 0 Å². The lowest BCUT2D eigenvalue weighted by Crippen LogP contribution is -1.95. The van der Waals surface area contributed by atoms with Crippen molar-refractivity contribution in [3.8, 4) is 23.1 Å². The molecule has 0 spiro atoms. The van der Waals surface area contributed by atoms with Crippen LogP contribution in [0.2, 0.25) is 0 Å². The molecule has 0 radical (unpaired) electrons. The average molecular weight is 245 g/mol. The molecule has 0 fully saturated rings. The minimum absolute atomic E-state index is 0.386. The molecule has 92 valence electrons. The van der Waals surface area contributed by atoms with E-state index in [2.05, 4.69) is 11.1 Å². The number of nitriles is 1. The fourth-order valence-corrected chi connectivity index (χ4v) is 1.79. The Hall–Kier alpha value is -2.35. The predicted molar refractivity (Wildman–Crippen MR) is 64.6 cm³/mol. The van der Waals surface area contributed by atoms with Crippen LogP contribution in [0.15, 0.2) is 18.2 Å². The van der Waals surface area contributed by atoms with Gasteiger partial charge in [0.2, 0.25) is 0 Å². The van der Waals surface area contributed by atoms with Crippen molar-refractivity contribution in [1.82, 2.24) is 9.55 Å². The highest BCUT2D eigenvalue weighted by Crippen LogP contribution is 2.32. The topological polar surface area (TPSA) is 50.8 Å². The second-order valence-corrected chi connectivity index (χ2v) is 3.87. The van der Waals surface area contributed by atoms with E-state index < -0.39 is 5.82 Å². The Morgan fingerprint density at radius 1 is 1.44 bits per heavy atom. The highest BCUT2D eigenvalue weighted by Gasteiger charge is 2.17. The van der Waals surface area contributed by atoms with Crippen molar-refractivity contribution in [3.63, 3.8) is 0 Å². The number of benzene rings is 1.